The number of nitrogens with zero attached hydrogens (tertiary/aromatic N) is 3. The van der Waals surface area contributed by atoms with Crippen molar-refractivity contribution in [3.8, 4) is 0 Å². The highest BCUT2D eigenvalue weighted by molar-refractivity contribution is 6.33. The lowest BCUT2D eigenvalue weighted by Gasteiger charge is -2.26. The van der Waals surface area contributed by atoms with Gasteiger partial charge in [0.15, 0.2) is 0 Å². The zero-order chi connectivity index (χ0) is 35.3. The molecule has 0 aliphatic rings. The summed E-state index contributed by atoms with van der Waals surface area (Å²) in [5, 5.41) is 7.30. The Kier molecular flexibility index (Phi) is 12.4. The molecule has 0 saturated heterocycles. The number of esters is 2. The average Bonchev–Trinajstić information content (AvgIpc) is 3.15. The number of hydrogen-bond acceptors (Lipinski definition) is 7. The van der Waals surface area contributed by atoms with Gasteiger partial charge in [-0.15, -0.1) is 0 Å². The SMILES string of the molecule is C=CC(=O)OCc1ccc(CN(Cc2ccc(COC(=O)C=C)cc2)c2ccc(C=NN(c3ccccc3)c3ccc(C)cc3)c(Cl)c2)cc1. The number of carbonyl (C=O) groups is 2. The molecule has 0 fully saturated rings. The number of aryl methyl sites for hydroxylation is 1. The topological polar surface area (TPSA) is 71.4 Å². The van der Waals surface area contributed by atoms with Gasteiger partial charge in [-0.05, 0) is 71.6 Å². The molecule has 0 heterocycles. The van der Waals surface area contributed by atoms with Crippen LogP contribution in [0.3, 0.4) is 0 Å². The summed E-state index contributed by atoms with van der Waals surface area (Å²) in [7, 11) is 0. The van der Waals surface area contributed by atoms with Crippen molar-refractivity contribution in [3.63, 3.8) is 0 Å². The third kappa shape index (κ3) is 10.0. The fourth-order valence-electron chi connectivity index (χ4n) is 5.06. The molecule has 0 saturated carbocycles. The van der Waals surface area contributed by atoms with E-state index in [1.807, 2.05) is 114 Å². The minimum atomic E-state index is -0.460. The zero-order valence-electron chi connectivity index (χ0n) is 27.9. The molecule has 5 aromatic rings. The van der Waals surface area contributed by atoms with Gasteiger partial charge in [-0.1, -0.05) is 109 Å². The molecule has 0 aromatic heterocycles. The number of ether oxygens (including phenoxy) is 2. The van der Waals surface area contributed by atoms with Crippen molar-refractivity contribution in [2.24, 2.45) is 5.10 Å². The first-order valence-electron chi connectivity index (χ1n) is 16.1. The zero-order valence-corrected chi connectivity index (χ0v) is 28.6. The molecular weight excluding hydrogens is 646 g/mol. The summed E-state index contributed by atoms with van der Waals surface area (Å²) in [4.78, 5) is 25.2. The third-order valence-electron chi connectivity index (χ3n) is 7.83. The van der Waals surface area contributed by atoms with Gasteiger partial charge in [0.2, 0.25) is 0 Å². The summed E-state index contributed by atoms with van der Waals surface area (Å²) in [5.74, 6) is -0.920. The summed E-state index contributed by atoms with van der Waals surface area (Å²) in [5.41, 5.74) is 8.64. The van der Waals surface area contributed by atoms with Gasteiger partial charge in [-0.25, -0.2) is 14.6 Å². The Morgan fingerprint density at radius 3 is 1.64 bits per heavy atom. The Morgan fingerprint density at radius 2 is 1.14 bits per heavy atom. The van der Waals surface area contributed by atoms with E-state index < -0.39 is 11.9 Å². The van der Waals surface area contributed by atoms with Gasteiger partial charge in [0.05, 0.1) is 22.6 Å². The molecule has 0 atom stereocenters. The predicted molar refractivity (Wildman–Crippen MR) is 202 cm³/mol. The number of rotatable bonds is 15. The maximum absolute atomic E-state index is 11.5. The van der Waals surface area contributed by atoms with Crippen LogP contribution in [0, 0.1) is 6.92 Å². The van der Waals surface area contributed by atoms with E-state index >= 15 is 0 Å². The average molecular weight is 684 g/mol. The Labute approximate surface area is 298 Å². The number of halogens is 1. The highest BCUT2D eigenvalue weighted by Crippen LogP contribution is 2.29. The van der Waals surface area contributed by atoms with Crippen LogP contribution >= 0.6 is 11.6 Å². The molecule has 5 aromatic carbocycles. The minimum Gasteiger partial charge on any atom is -0.458 e. The van der Waals surface area contributed by atoms with E-state index in [0.29, 0.717) is 18.1 Å². The maximum atomic E-state index is 11.5. The monoisotopic (exact) mass is 683 g/mol. The smallest absolute Gasteiger partial charge is 0.330 e. The number of hydrazone groups is 1. The molecule has 7 nitrogen and oxygen atoms in total. The van der Waals surface area contributed by atoms with Crippen molar-refractivity contribution in [1.29, 1.82) is 0 Å². The standard InChI is InChI=1S/C42H38ClN3O4/c1-4-41(47)49-29-34-17-13-32(14-18-34)27-45(28-33-15-19-35(20-16-33)30-50-42(48)5-2)39-24-21-36(40(43)25-39)26-44-46(37-9-7-6-8-10-37)38-22-11-31(3)12-23-38/h4-26H,1-2,27-30H2,3H3. The highest BCUT2D eigenvalue weighted by atomic mass is 35.5. The Hall–Kier alpha value is -5.92. The second-order valence-electron chi connectivity index (χ2n) is 11.5. The van der Waals surface area contributed by atoms with Crippen molar-refractivity contribution in [2.45, 2.75) is 33.2 Å². The largest absolute Gasteiger partial charge is 0.458 e. The molecule has 0 unspecified atom stereocenters. The number of hydrogen-bond donors (Lipinski definition) is 0. The summed E-state index contributed by atoms with van der Waals surface area (Å²) in [6.07, 6.45) is 4.08. The van der Waals surface area contributed by atoms with Gasteiger partial charge in [0.25, 0.3) is 0 Å². The second-order valence-corrected chi connectivity index (χ2v) is 12.0. The van der Waals surface area contributed by atoms with Crippen LogP contribution in [0.2, 0.25) is 5.02 Å². The number of anilines is 3. The summed E-state index contributed by atoms with van der Waals surface area (Å²) >= 11 is 6.93. The van der Waals surface area contributed by atoms with E-state index in [4.69, 9.17) is 26.2 Å². The molecule has 0 amide bonds. The molecule has 0 aliphatic heterocycles. The van der Waals surface area contributed by atoms with Crippen LogP contribution < -0.4 is 9.91 Å². The molecule has 0 bridgehead atoms. The van der Waals surface area contributed by atoms with Gasteiger partial charge in [-0.2, -0.15) is 5.10 Å². The van der Waals surface area contributed by atoms with E-state index in [-0.39, 0.29) is 13.2 Å². The van der Waals surface area contributed by atoms with Crippen molar-refractivity contribution >= 4 is 46.8 Å². The Morgan fingerprint density at radius 1 is 0.660 bits per heavy atom. The van der Waals surface area contributed by atoms with Gasteiger partial charge >= 0.3 is 11.9 Å². The summed E-state index contributed by atoms with van der Waals surface area (Å²) in [6.45, 7) is 10.5. The first kappa shape index (κ1) is 35.4. The van der Waals surface area contributed by atoms with Crippen LogP contribution in [0.5, 0.6) is 0 Å². The highest BCUT2D eigenvalue weighted by Gasteiger charge is 2.13. The third-order valence-corrected chi connectivity index (χ3v) is 8.16. The van der Waals surface area contributed by atoms with E-state index in [1.54, 1.807) is 6.21 Å². The fraction of sp³-hybridized carbons (Fsp3) is 0.119. The van der Waals surface area contributed by atoms with Gasteiger partial charge in [-0.3, -0.25) is 0 Å². The molecule has 252 valence electrons. The van der Waals surface area contributed by atoms with E-state index in [0.717, 1.165) is 57.0 Å². The van der Waals surface area contributed by atoms with E-state index in [9.17, 15) is 9.59 Å². The Balaban J connectivity index is 1.39. The predicted octanol–water partition coefficient (Wildman–Crippen LogP) is 9.49. The first-order chi connectivity index (χ1) is 24.3. The molecule has 5 rings (SSSR count). The van der Waals surface area contributed by atoms with Gasteiger partial charge in [0, 0.05) is 36.5 Å². The fourth-order valence-corrected chi connectivity index (χ4v) is 5.29. The lowest BCUT2D eigenvalue weighted by molar-refractivity contribution is -0.139. The second kappa shape index (κ2) is 17.5. The van der Waals surface area contributed by atoms with Gasteiger partial charge in [0.1, 0.15) is 13.2 Å². The van der Waals surface area contributed by atoms with E-state index in [2.05, 4.69) is 37.1 Å². The summed E-state index contributed by atoms with van der Waals surface area (Å²) in [6, 6.07) is 40.0. The van der Waals surface area contributed by atoms with Crippen LogP contribution in [-0.2, 0) is 45.4 Å². The quantitative estimate of drug-likeness (QED) is 0.0474. The lowest BCUT2D eigenvalue weighted by Crippen LogP contribution is -2.22. The number of para-hydroxylation sites is 1. The van der Waals surface area contributed by atoms with Crippen molar-refractivity contribution in [2.75, 3.05) is 9.91 Å². The molecule has 0 radical (unpaired) electrons. The number of carbonyl (C=O) groups excluding carboxylic acids is 2. The summed E-state index contributed by atoms with van der Waals surface area (Å²) < 4.78 is 10.4. The van der Waals surface area contributed by atoms with Crippen LogP contribution in [0.25, 0.3) is 0 Å². The molecule has 50 heavy (non-hydrogen) atoms. The Bertz CT molecular complexity index is 1870. The first-order valence-corrected chi connectivity index (χ1v) is 16.4. The van der Waals surface area contributed by atoms with Crippen LogP contribution in [0.1, 0.15) is 33.4 Å². The van der Waals surface area contributed by atoms with Gasteiger partial charge < -0.3 is 14.4 Å². The van der Waals surface area contributed by atoms with Crippen molar-refractivity contribution < 1.29 is 19.1 Å². The molecule has 0 spiro atoms. The van der Waals surface area contributed by atoms with Crippen LogP contribution in [0.15, 0.2) is 152 Å². The maximum Gasteiger partial charge on any atom is 0.330 e. The van der Waals surface area contributed by atoms with Crippen LogP contribution in [-0.4, -0.2) is 18.2 Å². The van der Waals surface area contributed by atoms with Crippen LogP contribution in [0.4, 0.5) is 17.1 Å². The molecular formula is C42H38ClN3O4. The minimum absolute atomic E-state index is 0.174. The van der Waals surface area contributed by atoms with Crippen molar-refractivity contribution in [1.82, 2.24) is 0 Å². The molecule has 8 heteroatoms. The lowest BCUT2D eigenvalue weighted by atomic mass is 10.1. The van der Waals surface area contributed by atoms with Crippen molar-refractivity contribution in [3.05, 3.63) is 185 Å². The molecule has 0 aliphatic carbocycles. The molecule has 0 N–H and O–H groups in total. The number of benzene rings is 5. The normalized spacial score (nSPS) is 10.8. The van der Waals surface area contributed by atoms with E-state index in [1.165, 1.54) is 5.56 Å².